The van der Waals surface area contributed by atoms with Crippen LogP contribution in [0.4, 0.5) is 0 Å². The van der Waals surface area contributed by atoms with E-state index < -0.39 is 6.10 Å². The number of aliphatic hydroxyl groups is 1. The molecule has 1 N–H and O–H groups in total. The molecule has 1 saturated heterocycles. The maximum atomic E-state index is 13.3. The van der Waals surface area contributed by atoms with Crippen LogP contribution in [0.1, 0.15) is 58.2 Å². The molecule has 1 aliphatic heterocycles. The van der Waals surface area contributed by atoms with Crippen molar-refractivity contribution < 1.29 is 9.90 Å². The molecule has 28 heavy (non-hydrogen) atoms. The van der Waals surface area contributed by atoms with Crippen LogP contribution in [-0.2, 0) is 0 Å². The van der Waals surface area contributed by atoms with Crippen LogP contribution < -0.4 is 0 Å². The highest BCUT2D eigenvalue weighted by atomic mass is 32.1. The number of thiophene rings is 1. The van der Waals surface area contributed by atoms with Gasteiger partial charge in [0.2, 0.25) is 0 Å². The van der Waals surface area contributed by atoms with Gasteiger partial charge in [-0.15, -0.1) is 16.4 Å². The van der Waals surface area contributed by atoms with Gasteiger partial charge in [-0.2, -0.15) is 0 Å². The molecule has 5 rings (SSSR count). The molecule has 2 aliphatic rings. The number of amides is 1. The summed E-state index contributed by atoms with van der Waals surface area (Å²) >= 11 is 1.45. The van der Waals surface area contributed by atoms with Crippen LogP contribution in [0, 0.1) is 0 Å². The Balaban J connectivity index is 1.47. The Hall–Kier alpha value is -2.51. The number of aromatic nitrogens is 3. The number of benzene rings is 1. The minimum absolute atomic E-state index is 0.00304. The smallest absolute Gasteiger partial charge is 0.264 e. The molecule has 1 aromatic carbocycles. The second kappa shape index (κ2) is 7.14. The summed E-state index contributed by atoms with van der Waals surface area (Å²) in [7, 11) is 0. The van der Waals surface area contributed by atoms with E-state index in [0.717, 1.165) is 24.1 Å². The van der Waals surface area contributed by atoms with Crippen LogP contribution >= 0.6 is 11.3 Å². The molecule has 3 heterocycles. The van der Waals surface area contributed by atoms with Gasteiger partial charge in [-0.25, -0.2) is 4.68 Å². The minimum Gasteiger partial charge on any atom is -0.391 e. The highest BCUT2D eigenvalue weighted by molar-refractivity contribution is 7.12. The third kappa shape index (κ3) is 3.25. The van der Waals surface area contributed by atoms with Crippen LogP contribution in [-0.4, -0.2) is 43.6 Å². The van der Waals surface area contributed by atoms with E-state index >= 15 is 0 Å². The molecule has 0 unspecified atom stereocenters. The number of carbonyl (C=O) groups excluding carboxylic acids is 1. The molecule has 144 valence electrons. The summed E-state index contributed by atoms with van der Waals surface area (Å²) in [6.45, 7) is 0.408. The monoisotopic (exact) mass is 394 g/mol. The molecule has 6 nitrogen and oxygen atoms in total. The van der Waals surface area contributed by atoms with Crippen LogP contribution in [0.3, 0.4) is 0 Å². The van der Waals surface area contributed by atoms with Gasteiger partial charge in [0.1, 0.15) is 0 Å². The summed E-state index contributed by atoms with van der Waals surface area (Å²) in [4.78, 5) is 15.9. The fraction of sp³-hybridized carbons (Fsp3) is 0.381. The maximum Gasteiger partial charge on any atom is 0.264 e. The molecular formula is C21H22N4O2S. The third-order valence-corrected chi connectivity index (χ3v) is 6.57. The van der Waals surface area contributed by atoms with Crippen molar-refractivity contribution in [2.24, 2.45) is 0 Å². The fourth-order valence-electron chi connectivity index (χ4n) is 4.00. The Morgan fingerprint density at radius 3 is 2.68 bits per heavy atom. The van der Waals surface area contributed by atoms with Gasteiger partial charge in [-0.05, 0) is 29.9 Å². The second-order valence-electron chi connectivity index (χ2n) is 7.63. The van der Waals surface area contributed by atoms with Crippen molar-refractivity contribution in [1.82, 2.24) is 19.9 Å². The largest absolute Gasteiger partial charge is 0.391 e. The van der Waals surface area contributed by atoms with Crippen molar-refractivity contribution in [3.05, 3.63) is 70.2 Å². The van der Waals surface area contributed by atoms with Crippen molar-refractivity contribution in [1.29, 1.82) is 0 Å². The summed E-state index contributed by atoms with van der Waals surface area (Å²) in [6, 6.07) is 13.3. The molecule has 3 aromatic rings. The van der Waals surface area contributed by atoms with E-state index in [-0.39, 0.29) is 18.0 Å². The molecule has 3 atom stereocenters. The molecular weight excluding hydrogens is 372 g/mol. The molecule has 2 aromatic heterocycles. The predicted molar refractivity (Wildman–Crippen MR) is 106 cm³/mol. The van der Waals surface area contributed by atoms with E-state index in [4.69, 9.17) is 0 Å². The Morgan fingerprint density at radius 2 is 1.96 bits per heavy atom. The number of piperidine rings is 1. The summed E-state index contributed by atoms with van der Waals surface area (Å²) < 4.78 is 1.76. The van der Waals surface area contributed by atoms with Crippen LogP contribution in [0.2, 0.25) is 0 Å². The van der Waals surface area contributed by atoms with Gasteiger partial charge in [-0.1, -0.05) is 41.6 Å². The van der Waals surface area contributed by atoms with E-state index in [9.17, 15) is 9.90 Å². The van der Waals surface area contributed by atoms with Crippen LogP contribution in [0.5, 0.6) is 0 Å². The average Bonchev–Trinajstić information content (AvgIpc) is 3.22. The third-order valence-electron chi connectivity index (χ3n) is 5.71. The van der Waals surface area contributed by atoms with E-state index in [1.165, 1.54) is 11.3 Å². The van der Waals surface area contributed by atoms with E-state index in [1.807, 2.05) is 58.9 Å². The summed E-state index contributed by atoms with van der Waals surface area (Å²) in [5, 5.41) is 21.4. The van der Waals surface area contributed by atoms with Gasteiger partial charge in [0.25, 0.3) is 5.91 Å². The lowest BCUT2D eigenvalue weighted by Crippen LogP contribution is -2.48. The van der Waals surface area contributed by atoms with E-state index in [1.54, 1.807) is 4.68 Å². The van der Waals surface area contributed by atoms with Crippen molar-refractivity contribution >= 4 is 17.2 Å². The highest BCUT2D eigenvalue weighted by Gasteiger charge is 2.40. The SMILES string of the molecule is O=C(c1cccs1)N1C[C@H](n2cc(C3CC3)nn2)[C@H](O)C[C@@H]1c1ccccc1. The summed E-state index contributed by atoms with van der Waals surface area (Å²) in [6.07, 6.45) is 4.15. The predicted octanol–water partition coefficient (Wildman–Crippen LogP) is 3.41. The quantitative estimate of drug-likeness (QED) is 0.736. The second-order valence-corrected chi connectivity index (χ2v) is 8.58. The van der Waals surface area contributed by atoms with Gasteiger partial charge in [0.15, 0.2) is 0 Å². The normalized spacial score (nSPS) is 25.0. The molecule has 0 radical (unpaired) electrons. The average molecular weight is 395 g/mol. The molecule has 2 fully saturated rings. The zero-order chi connectivity index (χ0) is 19.1. The zero-order valence-corrected chi connectivity index (χ0v) is 16.2. The van der Waals surface area contributed by atoms with Gasteiger partial charge < -0.3 is 10.0 Å². The summed E-state index contributed by atoms with van der Waals surface area (Å²) in [5.41, 5.74) is 2.04. The Morgan fingerprint density at radius 1 is 1.14 bits per heavy atom. The molecule has 1 aliphatic carbocycles. The lowest BCUT2D eigenvalue weighted by Gasteiger charge is -2.42. The number of aliphatic hydroxyl groups excluding tert-OH is 1. The zero-order valence-electron chi connectivity index (χ0n) is 15.4. The molecule has 1 amide bonds. The number of carbonyl (C=O) groups is 1. The van der Waals surface area contributed by atoms with Gasteiger partial charge in [0.05, 0.1) is 28.8 Å². The Bertz CT molecular complexity index is 952. The van der Waals surface area contributed by atoms with Gasteiger partial charge in [0, 0.05) is 25.1 Å². The number of likely N-dealkylation sites (tertiary alicyclic amines) is 1. The molecule has 1 saturated carbocycles. The van der Waals surface area contributed by atoms with Crippen LogP contribution in [0.25, 0.3) is 0 Å². The highest BCUT2D eigenvalue weighted by Crippen LogP contribution is 2.40. The lowest BCUT2D eigenvalue weighted by atomic mass is 9.90. The minimum atomic E-state index is -0.591. The maximum absolute atomic E-state index is 13.3. The molecule has 0 bridgehead atoms. The molecule has 7 heteroatoms. The van der Waals surface area contributed by atoms with Gasteiger partial charge >= 0.3 is 0 Å². The standard InChI is InChI=1S/C21H22N4O2S/c26-19-11-17(15-5-2-1-3-6-15)24(21(27)20-7-4-10-28-20)13-18(19)25-12-16(22-23-25)14-8-9-14/h1-7,10,12,14,17-19,26H,8-9,11,13H2/t17-,18+,19-/m1/s1. The lowest BCUT2D eigenvalue weighted by molar-refractivity contribution is -0.00165. The Kier molecular flexibility index (Phi) is 4.49. The molecule has 0 spiro atoms. The first-order valence-corrected chi connectivity index (χ1v) is 10.6. The Labute approximate surface area is 167 Å². The number of hydrogen-bond acceptors (Lipinski definition) is 5. The summed E-state index contributed by atoms with van der Waals surface area (Å²) in [5.74, 6) is 0.513. The number of nitrogens with zero attached hydrogens (tertiary/aromatic N) is 4. The first-order chi connectivity index (χ1) is 13.7. The number of hydrogen-bond donors (Lipinski definition) is 1. The first kappa shape index (κ1) is 17.6. The van der Waals surface area contributed by atoms with Crippen molar-refractivity contribution in [3.8, 4) is 0 Å². The van der Waals surface area contributed by atoms with Crippen molar-refractivity contribution in [2.45, 2.75) is 43.4 Å². The van der Waals surface area contributed by atoms with E-state index in [0.29, 0.717) is 23.8 Å². The topological polar surface area (TPSA) is 71.2 Å². The number of rotatable bonds is 4. The fourth-order valence-corrected chi connectivity index (χ4v) is 4.68. The van der Waals surface area contributed by atoms with Crippen molar-refractivity contribution in [3.63, 3.8) is 0 Å². The van der Waals surface area contributed by atoms with Crippen molar-refractivity contribution in [2.75, 3.05) is 6.54 Å². The first-order valence-electron chi connectivity index (χ1n) is 9.70. The van der Waals surface area contributed by atoms with Gasteiger partial charge in [-0.3, -0.25) is 4.79 Å². The van der Waals surface area contributed by atoms with E-state index in [2.05, 4.69) is 10.3 Å². The van der Waals surface area contributed by atoms with Crippen LogP contribution in [0.15, 0.2) is 54.0 Å².